The Morgan fingerprint density at radius 3 is 1.57 bits per heavy atom. The third kappa shape index (κ3) is 21.8. The van der Waals surface area contributed by atoms with Crippen LogP contribution in [0.3, 0.4) is 0 Å². The molecule has 0 aliphatic carbocycles. The van der Waals surface area contributed by atoms with Gasteiger partial charge in [-0.3, -0.25) is 57.9 Å². The number of carbonyl (C=O) groups excluding carboxylic acids is 9. The van der Waals surface area contributed by atoms with Gasteiger partial charge in [0.2, 0.25) is 53.2 Å². The number of amides is 9. The van der Waals surface area contributed by atoms with E-state index in [1.165, 1.54) is 0 Å². The van der Waals surface area contributed by atoms with Gasteiger partial charge in [0.15, 0.2) is 11.9 Å². The summed E-state index contributed by atoms with van der Waals surface area (Å²) >= 11 is 0. The molecule has 9 amide bonds. The molecule has 3 rings (SSSR count). The highest BCUT2D eigenvalue weighted by atomic mass is 16.4. The second kappa shape index (κ2) is 30.6. The number of H-pyrrole nitrogens is 1. The number of nitrogens with one attached hydrogen (secondary N) is 8. The fraction of sp³-hybridized carbons (Fsp3) is 0.413. The molecule has 1 heterocycles. The van der Waals surface area contributed by atoms with Crippen LogP contribution >= 0.6 is 0 Å². The SMILES string of the molecule is NC(=O)C[C@H](NC(=O)[C@@H](N)CC(N)=O)C(=O)N[C@@H](CCCN=C(N)N)C(=O)NCC(=O)N[C@@H](CC(=O)O)C(=O)N[C@@H](Cc1ccccc1)C(=O)N[C@@H](CCCN=C(N)N)C(=O)N[C@@H](Cc1c[nH]c2ccccc12)C(=O)O. The number of carboxylic acid groups (broad SMARTS) is 2. The third-order valence-corrected chi connectivity index (χ3v) is 11.0. The van der Waals surface area contributed by atoms with Gasteiger partial charge in [0.25, 0.3) is 0 Å². The maximum Gasteiger partial charge on any atom is 0.326 e. The summed E-state index contributed by atoms with van der Waals surface area (Å²) in [5.41, 5.74) is 39.5. The van der Waals surface area contributed by atoms with Gasteiger partial charge in [0.1, 0.15) is 36.3 Å². The summed E-state index contributed by atoms with van der Waals surface area (Å²) in [4.78, 5) is 153. The summed E-state index contributed by atoms with van der Waals surface area (Å²) in [6.45, 7) is -0.983. The highest BCUT2D eigenvalue weighted by molar-refractivity contribution is 5.99. The summed E-state index contributed by atoms with van der Waals surface area (Å²) in [6, 6.07) is 4.13. The first-order valence-corrected chi connectivity index (χ1v) is 23.5. The Morgan fingerprint density at radius 1 is 0.526 bits per heavy atom. The zero-order valence-corrected chi connectivity index (χ0v) is 41.1. The number of nitrogens with zero attached hydrogens (tertiary/aromatic N) is 2. The lowest BCUT2D eigenvalue weighted by Gasteiger charge is -2.26. The fourth-order valence-corrected chi connectivity index (χ4v) is 7.33. The van der Waals surface area contributed by atoms with E-state index >= 15 is 0 Å². The number of aliphatic imine (C=N–C) groups is 2. The average Bonchev–Trinajstić information content (AvgIpc) is 3.76. The van der Waals surface area contributed by atoms with Gasteiger partial charge < -0.3 is 92.6 Å². The molecule has 0 aliphatic rings. The highest BCUT2D eigenvalue weighted by Gasteiger charge is 2.34. The molecule has 76 heavy (non-hydrogen) atoms. The second-order valence-electron chi connectivity index (χ2n) is 17.2. The monoisotopic (exact) mass is 1060 g/mol. The molecule has 0 aliphatic heterocycles. The van der Waals surface area contributed by atoms with Crippen LogP contribution in [0.2, 0.25) is 0 Å². The van der Waals surface area contributed by atoms with Crippen LogP contribution < -0.4 is 77.4 Å². The lowest BCUT2D eigenvalue weighted by molar-refractivity contribution is -0.142. The quantitative estimate of drug-likeness (QED) is 0.0153. The van der Waals surface area contributed by atoms with Crippen LogP contribution in [0.25, 0.3) is 10.9 Å². The zero-order chi connectivity index (χ0) is 56.5. The minimum Gasteiger partial charge on any atom is -0.481 e. The van der Waals surface area contributed by atoms with Gasteiger partial charge in [-0.25, -0.2) is 4.79 Å². The Labute approximate surface area is 433 Å². The number of aromatic amines is 1. The van der Waals surface area contributed by atoms with E-state index in [1.54, 1.807) is 60.8 Å². The zero-order valence-electron chi connectivity index (χ0n) is 41.1. The number of primary amides is 2. The molecular formula is C46H65N17O13. The number of benzene rings is 2. The Hall–Kier alpha value is -9.35. The topological polar surface area (TPSA) is 535 Å². The molecule has 0 saturated heterocycles. The molecule has 24 N–H and O–H groups in total. The van der Waals surface area contributed by atoms with E-state index in [1.807, 2.05) is 0 Å². The number of carbonyl (C=O) groups is 11. The van der Waals surface area contributed by atoms with Crippen molar-refractivity contribution in [1.82, 2.24) is 42.2 Å². The van der Waals surface area contributed by atoms with Crippen LogP contribution in [0.15, 0.2) is 70.8 Å². The summed E-state index contributed by atoms with van der Waals surface area (Å²) in [7, 11) is 0. The molecule has 0 unspecified atom stereocenters. The van der Waals surface area contributed by atoms with Crippen molar-refractivity contribution in [2.24, 2.45) is 50.1 Å². The molecular weight excluding hydrogens is 999 g/mol. The first kappa shape index (κ1) is 61.0. The molecule has 3 aromatic rings. The van der Waals surface area contributed by atoms with Gasteiger partial charge in [0.05, 0.1) is 31.8 Å². The van der Waals surface area contributed by atoms with Crippen LogP contribution in [-0.2, 0) is 65.6 Å². The molecule has 0 bridgehead atoms. The summed E-state index contributed by atoms with van der Waals surface area (Å²) in [5, 5.41) is 37.1. The summed E-state index contributed by atoms with van der Waals surface area (Å²) in [5.74, 6) is -13.0. The van der Waals surface area contributed by atoms with Gasteiger partial charge in [-0.05, 0) is 42.9 Å². The molecule has 2 aromatic carbocycles. The smallest absolute Gasteiger partial charge is 0.326 e. The second-order valence-corrected chi connectivity index (χ2v) is 17.2. The van der Waals surface area contributed by atoms with Gasteiger partial charge in [-0.2, -0.15) is 0 Å². The van der Waals surface area contributed by atoms with Gasteiger partial charge >= 0.3 is 11.9 Å². The molecule has 0 radical (unpaired) electrons. The molecule has 0 spiro atoms. The lowest BCUT2D eigenvalue weighted by atomic mass is 10.0. The predicted molar refractivity (Wildman–Crippen MR) is 272 cm³/mol. The van der Waals surface area contributed by atoms with Crippen molar-refractivity contribution < 1.29 is 63.0 Å². The fourth-order valence-electron chi connectivity index (χ4n) is 7.33. The number of guanidine groups is 2. The van der Waals surface area contributed by atoms with Crippen molar-refractivity contribution in [2.75, 3.05) is 19.6 Å². The van der Waals surface area contributed by atoms with Crippen molar-refractivity contribution in [3.8, 4) is 0 Å². The lowest BCUT2D eigenvalue weighted by Crippen LogP contribution is -2.59. The van der Waals surface area contributed by atoms with E-state index in [-0.39, 0.29) is 63.5 Å². The number of aliphatic carboxylic acids is 2. The summed E-state index contributed by atoms with van der Waals surface area (Å²) < 4.78 is 0. The number of aromatic nitrogens is 1. The van der Waals surface area contributed by atoms with E-state index in [4.69, 9.17) is 40.1 Å². The Kier molecular flexibility index (Phi) is 24.6. The highest BCUT2D eigenvalue weighted by Crippen LogP contribution is 2.19. The van der Waals surface area contributed by atoms with Crippen molar-refractivity contribution in [3.05, 3.63) is 71.9 Å². The van der Waals surface area contributed by atoms with Crippen molar-refractivity contribution in [3.63, 3.8) is 0 Å². The van der Waals surface area contributed by atoms with Crippen molar-refractivity contribution in [1.29, 1.82) is 0 Å². The van der Waals surface area contributed by atoms with E-state index in [9.17, 15) is 63.0 Å². The van der Waals surface area contributed by atoms with Crippen LogP contribution in [0.4, 0.5) is 0 Å². The van der Waals surface area contributed by atoms with Gasteiger partial charge in [0, 0.05) is 43.0 Å². The largest absolute Gasteiger partial charge is 0.481 e. The van der Waals surface area contributed by atoms with Crippen LogP contribution in [0.1, 0.15) is 56.1 Å². The third-order valence-electron chi connectivity index (χ3n) is 11.0. The van der Waals surface area contributed by atoms with E-state index in [0.29, 0.717) is 11.1 Å². The maximum absolute atomic E-state index is 14.2. The minimum absolute atomic E-state index is 0.00303. The number of hydrogen-bond donors (Lipinski definition) is 17. The van der Waals surface area contributed by atoms with Crippen LogP contribution in [0.5, 0.6) is 0 Å². The Morgan fingerprint density at radius 2 is 1.01 bits per heavy atom. The average molecular weight is 1060 g/mol. The van der Waals surface area contributed by atoms with E-state index < -0.39 is 133 Å². The molecule has 30 nitrogen and oxygen atoms in total. The first-order valence-electron chi connectivity index (χ1n) is 23.5. The number of nitrogens with two attached hydrogens (primary N) is 7. The number of carboxylic acids is 2. The Bertz CT molecular complexity index is 2620. The van der Waals surface area contributed by atoms with Crippen molar-refractivity contribution in [2.45, 2.75) is 100 Å². The van der Waals surface area contributed by atoms with Gasteiger partial charge in [-0.1, -0.05) is 48.5 Å². The molecule has 0 saturated carbocycles. The molecule has 1 aromatic heterocycles. The molecule has 30 heteroatoms. The van der Waals surface area contributed by atoms with E-state index in [2.05, 4.69) is 52.2 Å². The standard InChI is InChI=1S/C46H65N17O13/c47-26(18-34(48)64)38(69)61-31(19-35(49)65)42(73)59-28(12-6-14-54-45(50)51)39(70)57-22-36(66)58-32(20-37(67)68)43(74)62-30(16-23-8-2-1-3-9-23)41(72)60-29(13-7-15-55-46(52)53)40(71)63-33(44(75)76)17-24-21-56-27-11-5-4-10-25(24)27/h1-5,8-11,21,26,28-33,56H,6-7,12-20,22,47H2,(H2,48,64)(H2,49,65)(H,57,70)(H,58,66)(H,59,73)(H,60,72)(H,61,69)(H,62,74)(H,63,71)(H,67,68)(H,75,76)(H4,50,51,54)(H4,52,53,55)/t26-,28-,29-,30-,31-,32-,33-/m0/s1. The van der Waals surface area contributed by atoms with Crippen molar-refractivity contribution >= 4 is 87.9 Å². The first-order chi connectivity index (χ1) is 35.9. The van der Waals surface area contributed by atoms with Gasteiger partial charge in [-0.15, -0.1) is 0 Å². The van der Waals surface area contributed by atoms with E-state index in [0.717, 1.165) is 10.9 Å². The van der Waals surface area contributed by atoms with Crippen LogP contribution in [0, 0.1) is 0 Å². The van der Waals surface area contributed by atoms with Crippen LogP contribution in [-0.4, -0.2) is 154 Å². The molecule has 0 fully saturated rings. The number of hydrogen-bond acceptors (Lipinski definition) is 14. The number of fused-ring (bicyclic) bond motifs is 1. The number of para-hydroxylation sites is 1. The Balaban J connectivity index is 1.84. The molecule has 412 valence electrons. The predicted octanol–water partition coefficient (Wildman–Crippen LogP) is -6.28. The normalized spacial score (nSPS) is 13.5. The molecule has 7 atom stereocenters. The maximum atomic E-state index is 14.2. The summed E-state index contributed by atoms with van der Waals surface area (Å²) in [6.07, 6.45) is -1.46. The number of rotatable bonds is 33. The minimum atomic E-state index is -1.90.